The van der Waals surface area contributed by atoms with Gasteiger partial charge in [-0.25, -0.2) is 9.78 Å². The van der Waals surface area contributed by atoms with Crippen LogP contribution in [0.15, 0.2) is 36.5 Å². The number of rotatable bonds is 2. The second kappa shape index (κ2) is 5.65. The van der Waals surface area contributed by atoms with E-state index in [0.29, 0.717) is 30.3 Å². The lowest BCUT2D eigenvalue weighted by Gasteiger charge is -2.18. The fourth-order valence-electron chi connectivity index (χ4n) is 2.81. The third kappa shape index (κ3) is 2.61. The zero-order chi connectivity index (χ0) is 18.5. The van der Waals surface area contributed by atoms with Gasteiger partial charge in [-0.15, -0.1) is 0 Å². The van der Waals surface area contributed by atoms with Crippen molar-refractivity contribution in [2.45, 2.75) is 6.18 Å². The Morgan fingerprint density at radius 3 is 2.54 bits per heavy atom. The van der Waals surface area contributed by atoms with E-state index in [4.69, 9.17) is 9.47 Å². The lowest BCUT2D eigenvalue weighted by Crippen LogP contribution is -2.15. The van der Waals surface area contributed by atoms with Crippen molar-refractivity contribution >= 4 is 11.6 Å². The quantitative estimate of drug-likeness (QED) is 0.754. The van der Waals surface area contributed by atoms with E-state index in [1.807, 2.05) is 0 Å². The van der Waals surface area contributed by atoms with Gasteiger partial charge < -0.3 is 14.6 Å². The van der Waals surface area contributed by atoms with Crippen molar-refractivity contribution in [3.05, 3.63) is 47.8 Å². The first-order valence-corrected chi connectivity index (χ1v) is 7.57. The number of carboxylic acids is 1. The van der Waals surface area contributed by atoms with E-state index in [1.165, 1.54) is 0 Å². The average Bonchev–Trinajstić information content (AvgIpc) is 2.99. The summed E-state index contributed by atoms with van der Waals surface area (Å²) in [6.07, 6.45) is -3.86. The molecule has 0 saturated carbocycles. The molecule has 0 aliphatic carbocycles. The van der Waals surface area contributed by atoms with Crippen LogP contribution in [0.3, 0.4) is 0 Å². The Bertz CT molecular complexity index is 1030. The third-order valence-corrected chi connectivity index (χ3v) is 3.96. The number of carboxylic acid groups (broad SMARTS) is 1. The molecule has 9 heteroatoms. The summed E-state index contributed by atoms with van der Waals surface area (Å²) in [6.45, 7) is 0.754. The number of aromatic nitrogens is 2. The average molecular weight is 364 g/mol. The standard InChI is InChI=1S/C17H11F3N2O4/c18-17(19,20)10-2-4-13-21-14(15(16(23)24)22(13)8-10)9-1-3-11-12(7-9)26-6-5-25-11/h1-4,7-8H,5-6H2,(H,23,24). The summed E-state index contributed by atoms with van der Waals surface area (Å²) < 4.78 is 50.7. The molecule has 1 N–H and O–H groups in total. The van der Waals surface area contributed by atoms with Crippen molar-refractivity contribution in [2.75, 3.05) is 13.2 Å². The molecule has 6 nitrogen and oxygen atoms in total. The molecular formula is C17H11F3N2O4. The molecule has 134 valence electrons. The molecular weight excluding hydrogens is 353 g/mol. The van der Waals surface area contributed by atoms with Crippen LogP contribution in [0.1, 0.15) is 16.1 Å². The zero-order valence-electron chi connectivity index (χ0n) is 13.1. The molecule has 0 atom stereocenters. The predicted octanol–water partition coefficient (Wildman–Crippen LogP) is 3.49. The topological polar surface area (TPSA) is 73.1 Å². The van der Waals surface area contributed by atoms with E-state index in [1.54, 1.807) is 18.2 Å². The second-order valence-electron chi connectivity index (χ2n) is 5.62. The highest BCUT2D eigenvalue weighted by Crippen LogP contribution is 2.36. The molecule has 0 unspecified atom stereocenters. The predicted molar refractivity (Wildman–Crippen MR) is 83.6 cm³/mol. The molecule has 1 aliphatic heterocycles. The van der Waals surface area contributed by atoms with Crippen molar-refractivity contribution in [3.8, 4) is 22.8 Å². The van der Waals surface area contributed by atoms with E-state index in [9.17, 15) is 23.1 Å². The van der Waals surface area contributed by atoms with Crippen molar-refractivity contribution < 1.29 is 32.5 Å². The molecule has 0 radical (unpaired) electrons. The monoisotopic (exact) mass is 364 g/mol. The molecule has 4 rings (SSSR count). The molecule has 0 fully saturated rings. The molecule has 0 amide bonds. The Kier molecular flexibility index (Phi) is 3.53. The van der Waals surface area contributed by atoms with Crippen molar-refractivity contribution in [2.24, 2.45) is 0 Å². The van der Waals surface area contributed by atoms with Crippen LogP contribution in [0.4, 0.5) is 13.2 Å². The van der Waals surface area contributed by atoms with Crippen LogP contribution in [0.2, 0.25) is 0 Å². The first kappa shape index (κ1) is 16.2. The first-order chi connectivity index (χ1) is 12.3. The molecule has 2 aromatic heterocycles. The van der Waals surface area contributed by atoms with Gasteiger partial charge in [0.05, 0.1) is 5.56 Å². The van der Waals surface area contributed by atoms with Gasteiger partial charge in [0.25, 0.3) is 0 Å². The van der Waals surface area contributed by atoms with E-state index >= 15 is 0 Å². The Labute approximate surface area is 144 Å². The van der Waals surface area contributed by atoms with Crippen LogP contribution in [0, 0.1) is 0 Å². The highest BCUT2D eigenvalue weighted by Gasteiger charge is 2.32. The summed E-state index contributed by atoms with van der Waals surface area (Å²) in [5.74, 6) is -0.445. The van der Waals surface area contributed by atoms with Gasteiger partial charge in [0.2, 0.25) is 0 Å². The molecule has 0 bridgehead atoms. The normalized spacial score (nSPS) is 13.8. The number of halogens is 3. The highest BCUT2D eigenvalue weighted by atomic mass is 19.4. The van der Waals surface area contributed by atoms with Crippen LogP contribution in [-0.2, 0) is 6.18 Å². The molecule has 0 saturated heterocycles. The van der Waals surface area contributed by atoms with Crippen LogP contribution >= 0.6 is 0 Å². The number of hydrogen-bond donors (Lipinski definition) is 1. The zero-order valence-corrected chi connectivity index (χ0v) is 13.1. The SMILES string of the molecule is O=C(O)c1c(-c2ccc3c(c2)OCCO3)nc2ccc(C(F)(F)F)cn12. The van der Waals surface area contributed by atoms with Gasteiger partial charge in [-0.3, -0.25) is 4.40 Å². The molecule has 3 heterocycles. The number of ether oxygens (including phenoxy) is 2. The van der Waals surface area contributed by atoms with E-state index < -0.39 is 17.7 Å². The number of fused-ring (bicyclic) bond motifs is 2. The summed E-state index contributed by atoms with van der Waals surface area (Å²) in [6, 6.07) is 6.76. The molecule has 0 spiro atoms. The summed E-state index contributed by atoms with van der Waals surface area (Å²) in [4.78, 5) is 15.9. The number of nitrogens with zero attached hydrogens (tertiary/aromatic N) is 2. The van der Waals surface area contributed by atoms with E-state index in [2.05, 4.69) is 4.98 Å². The summed E-state index contributed by atoms with van der Waals surface area (Å²) in [5, 5.41) is 9.55. The van der Waals surface area contributed by atoms with Gasteiger partial charge in [0, 0.05) is 11.8 Å². The van der Waals surface area contributed by atoms with Crippen LogP contribution in [0.25, 0.3) is 16.9 Å². The van der Waals surface area contributed by atoms with E-state index in [0.717, 1.165) is 22.7 Å². The van der Waals surface area contributed by atoms with Crippen LogP contribution in [0.5, 0.6) is 11.5 Å². The van der Waals surface area contributed by atoms with Crippen molar-refractivity contribution in [3.63, 3.8) is 0 Å². The van der Waals surface area contributed by atoms with Crippen molar-refractivity contribution in [1.29, 1.82) is 0 Å². The van der Waals surface area contributed by atoms with Crippen LogP contribution < -0.4 is 9.47 Å². The van der Waals surface area contributed by atoms with Gasteiger partial charge in [0.1, 0.15) is 24.6 Å². The maximum absolute atomic E-state index is 13.0. The number of aromatic carboxylic acids is 1. The summed E-state index contributed by atoms with van der Waals surface area (Å²) in [7, 11) is 0. The Hall–Kier alpha value is -3.23. The van der Waals surface area contributed by atoms with Crippen LogP contribution in [-0.4, -0.2) is 33.7 Å². The lowest BCUT2D eigenvalue weighted by molar-refractivity contribution is -0.137. The molecule has 26 heavy (non-hydrogen) atoms. The van der Waals surface area contributed by atoms with Gasteiger partial charge in [-0.1, -0.05) is 0 Å². The van der Waals surface area contributed by atoms with Gasteiger partial charge in [0.15, 0.2) is 17.2 Å². The van der Waals surface area contributed by atoms with Crippen molar-refractivity contribution in [1.82, 2.24) is 9.38 Å². The second-order valence-corrected chi connectivity index (χ2v) is 5.62. The minimum atomic E-state index is -4.59. The fraction of sp³-hybridized carbons (Fsp3) is 0.176. The summed E-state index contributed by atoms with van der Waals surface area (Å²) in [5.41, 5.74) is -0.764. The number of carbonyl (C=O) groups is 1. The Morgan fingerprint density at radius 2 is 1.85 bits per heavy atom. The molecule has 1 aromatic carbocycles. The van der Waals surface area contributed by atoms with Gasteiger partial charge in [-0.05, 0) is 30.3 Å². The molecule has 1 aliphatic rings. The van der Waals surface area contributed by atoms with Gasteiger partial charge in [-0.2, -0.15) is 13.2 Å². The third-order valence-electron chi connectivity index (χ3n) is 3.96. The number of benzene rings is 1. The smallest absolute Gasteiger partial charge is 0.417 e. The first-order valence-electron chi connectivity index (χ1n) is 7.57. The minimum absolute atomic E-state index is 0.0498. The van der Waals surface area contributed by atoms with Gasteiger partial charge >= 0.3 is 12.1 Å². The maximum Gasteiger partial charge on any atom is 0.417 e. The highest BCUT2D eigenvalue weighted by molar-refractivity contribution is 5.95. The number of hydrogen-bond acceptors (Lipinski definition) is 4. The summed E-state index contributed by atoms with van der Waals surface area (Å²) >= 11 is 0. The molecule has 3 aromatic rings. The lowest BCUT2D eigenvalue weighted by atomic mass is 10.1. The largest absolute Gasteiger partial charge is 0.486 e. The maximum atomic E-state index is 13.0. The van der Waals surface area contributed by atoms with E-state index in [-0.39, 0.29) is 17.0 Å². The minimum Gasteiger partial charge on any atom is -0.486 e. The Morgan fingerprint density at radius 1 is 1.12 bits per heavy atom. The number of pyridine rings is 1. The number of alkyl halides is 3. The Balaban J connectivity index is 1.92. The number of imidazole rings is 1. The fourth-order valence-corrected chi connectivity index (χ4v) is 2.81.